The van der Waals surface area contributed by atoms with E-state index in [1.54, 1.807) is 42.5 Å². The number of piperidine rings is 2. The molecule has 1 atom stereocenters. The second-order valence-electron chi connectivity index (χ2n) is 8.71. The van der Waals surface area contributed by atoms with Crippen molar-refractivity contribution < 1.29 is 9.59 Å². The number of carbonyl (C=O) groups is 2. The zero-order valence-electron chi connectivity index (χ0n) is 18.4. The van der Waals surface area contributed by atoms with E-state index in [9.17, 15) is 9.59 Å². The van der Waals surface area contributed by atoms with Crippen LogP contribution in [-0.4, -0.2) is 56.3 Å². The Hall–Kier alpha value is -3.13. The molecular weight excluding hydrogens is 440 g/mol. The van der Waals surface area contributed by atoms with Crippen molar-refractivity contribution in [1.82, 2.24) is 24.8 Å². The van der Waals surface area contributed by atoms with Crippen molar-refractivity contribution >= 4 is 40.3 Å². The Bertz CT molecular complexity index is 1210. The minimum atomic E-state index is 0.00329. The van der Waals surface area contributed by atoms with Crippen molar-refractivity contribution in [3.05, 3.63) is 53.2 Å². The average molecular weight is 465 g/mol. The first-order valence-corrected chi connectivity index (χ1v) is 11.7. The third kappa shape index (κ3) is 4.39. The second-order valence-corrected chi connectivity index (χ2v) is 9.14. The third-order valence-corrected chi connectivity index (χ3v) is 6.89. The summed E-state index contributed by atoms with van der Waals surface area (Å²) < 4.78 is 0. The number of rotatable bonds is 3. The first-order chi connectivity index (χ1) is 16.0. The Morgan fingerprint density at radius 2 is 1.76 bits per heavy atom. The Balaban J connectivity index is 1.33. The van der Waals surface area contributed by atoms with Gasteiger partial charge in [-0.25, -0.2) is 9.97 Å². The maximum atomic E-state index is 13.2. The highest BCUT2D eigenvalue weighted by Gasteiger charge is 2.33. The fraction of sp³-hybridized carbons (Fsp3) is 0.417. The van der Waals surface area contributed by atoms with Crippen LogP contribution in [0.25, 0.3) is 11.0 Å². The number of anilines is 1. The Morgan fingerprint density at radius 3 is 2.52 bits per heavy atom. The van der Waals surface area contributed by atoms with E-state index in [-0.39, 0.29) is 23.7 Å². The van der Waals surface area contributed by atoms with Gasteiger partial charge >= 0.3 is 0 Å². The summed E-state index contributed by atoms with van der Waals surface area (Å²) in [6.07, 6.45) is 7.85. The molecule has 33 heavy (non-hydrogen) atoms. The summed E-state index contributed by atoms with van der Waals surface area (Å²) >= 11 is 6.11. The summed E-state index contributed by atoms with van der Waals surface area (Å²) in [5.74, 6) is 0.958. The van der Waals surface area contributed by atoms with Crippen LogP contribution >= 0.6 is 11.6 Å². The summed E-state index contributed by atoms with van der Waals surface area (Å²) in [4.78, 5) is 46.9. The third-order valence-electron chi connectivity index (χ3n) is 6.65. The standard InChI is InChI=1S/C24H25ClN6O2/c1-15(32)30-9-4-16(5-10-30)23-24(27-8-7-26-23)31-11-6-17(12-22(31)33)21-14-28-19-3-2-18(25)13-20(19)29-21/h2-3,7-8,13-14,16-17H,4-6,9-12H2,1H3. The van der Waals surface area contributed by atoms with Gasteiger partial charge in [0.2, 0.25) is 11.8 Å². The first-order valence-electron chi connectivity index (χ1n) is 11.3. The van der Waals surface area contributed by atoms with E-state index in [1.807, 2.05) is 11.0 Å². The van der Waals surface area contributed by atoms with Crippen molar-refractivity contribution in [1.29, 1.82) is 0 Å². The Kier molecular flexibility index (Phi) is 5.93. The molecule has 0 radical (unpaired) electrons. The van der Waals surface area contributed by atoms with Crippen LogP contribution in [0.3, 0.4) is 0 Å². The first kappa shape index (κ1) is 21.7. The van der Waals surface area contributed by atoms with Crippen LogP contribution in [0, 0.1) is 0 Å². The zero-order valence-corrected chi connectivity index (χ0v) is 19.2. The molecule has 1 unspecified atom stereocenters. The number of aromatic nitrogens is 4. The Morgan fingerprint density at radius 1 is 1.00 bits per heavy atom. The maximum absolute atomic E-state index is 13.2. The number of hydrogen-bond acceptors (Lipinski definition) is 6. The topological polar surface area (TPSA) is 92.2 Å². The molecule has 0 spiro atoms. The van der Waals surface area contributed by atoms with E-state index in [1.165, 1.54) is 0 Å². The smallest absolute Gasteiger partial charge is 0.228 e. The summed E-state index contributed by atoms with van der Waals surface area (Å²) in [5.41, 5.74) is 3.19. The molecule has 2 saturated heterocycles. The van der Waals surface area contributed by atoms with Crippen molar-refractivity contribution in [3.8, 4) is 0 Å². The molecule has 0 aliphatic carbocycles. The fourth-order valence-electron chi connectivity index (χ4n) is 4.81. The highest BCUT2D eigenvalue weighted by molar-refractivity contribution is 6.31. The molecule has 0 bridgehead atoms. The summed E-state index contributed by atoms with van der Waals surface area (Å²) in [6.45, 7) is 3.57. The van der Waals surface area contributed by atoms with E-state index < -0.39 is 0 Å². The lowest BCUT2D eigenvalue weighted by atomic mass is 9.90. The molecule has 2 aliphatic rings. The van der Waals surface area contributed by atoms with Crippen LogP contribution in [-0.2, 0) is 9.59 Å². The van der Waals surface area contributed by atoms with Crippen molar-refractivity contribution in [3.63, 3.8) is 0 Å². The summed E-state index contributed by atoms with van der Waals surface area (Å²) in [7, 11) is 0. The molecule has 4 heterocycles. The molecule has 3 aromatic rings. The van der Waals surface area contributed by atoms with E-state index >= 15 is 0 Å². The van der Waals surface area contributed by atoms with Crippen molar-refractivity contribution in [2.24, 2.45) is 0 Å². The van der Waals surface area contributed by atoms with E-state index in [2.05, 4.69) is 15.0 Å². The Labute approximate surface area is 197 Å². The van der Waals surface area contributed by atoms with Crippen LogP contribution in [0.4, 0.5) is 5.82 Å². The zero-order chi connectivity index (χ0) is 22.9. The predicted molar refractivity (Wildman–Crippen MR) is 125 cm³/mol. The van der Waals surface area contributed by atoms with E-state index in [0.29, 0.717) is 36.9 Å². The summed E-state index contributed by atoms with van der Waals surface area (Å²) in [6, 6.07) is 5.44. The van der Waals surface area contributed by atoms with Gasteiger partial charge in [-0.3, -0.25) is 24.5 Å². The molecule has 1 aromatic carbocycles. The second kappa shape index (κ2) is 9.02. The number of hydrogen-bond donors (Lipinski definition) is 0. The van der Waals surface area contributed by atoms with Crippen molar-refractivity contribution in [2.75, 3.05) is 24.5 Å². The lowest BCUT2D eigenvalue weighted by Crippen LogP contribution is -2.41. The molecule has 2 aliphatic heterocycles. The molecule has 0 saturated carbocycles. The minimum absolute atomic E-state index is 0.00329. The summed E-state index contributed by atoms with van der Waals surface area (Å²) in [5, 5.41) is 0.615. The van der Waals surface area contributed by atoms with Crippen molar-refractivity contribution in [2.45, 2.75) is 44.4 Å². The number of halogens is 1. The lowest BCUT2D eigenvalue weighted by Gasteiger charge is -2.35. The van der Waals surface area contributed by atoms with Gasteiger partial charge in [-0.05, 0) is 37.5 Å². The highest BCUT2D eigenvalue weighted by atomic mass is 35.5. The normalized spacial score (nSPS) is 19.8. The minimum Gasteiger partial charge on any atom is -0.343 e. The number of nitrogens with zero attached hydrogens (tertiary/aromatic N) is 6. The van der Waals surface area contributed by atoms with Gasteiger partial charge in [0.15, 0.2) is 5.82 Å². The molecular formula is C24H25ClN6O2. The van der Waals surface area contributed by atoms with Gasteiger partial charge in [0.1, 0.15) is 0 Å². The molecule has 8 nitrogen and oxygen atoms in total. The number of likely N-dealkylation sites (tertiary alicyclic amines) is 1. The van der Waals surface area contributed by atoms with Gasteiger partial charge < -0.3 is 4.90 Å². The molecule has 170 valence electrons. The monoisotopic (exact) mass is 464 g/mol. The molecule has 2 aromatic heterocycles. The highest BCUT2D eigenvalue weighted by Crippen LogP contribution is 2.36. The fourth-order valence-corrected chi connectivity index (χ4v) is 4.98. The number of benzene rings is 1. The number of carbonyl (C=O) groups excluding carboxylic acids is 2. The van der Waals surface area contributed by atoms with Gasteiger partial charge in [-0.1, -0.05) is 11.6 Å². The van der Waals surface area contributed by atoms with E-state index in [4.69, 9.17) is 16.6 Å². The van der Waals surface area contributed by atoms with Crippen LogP contribution < -0.4 is 4.90 Å². The van der Waals surface area contributed by atoms with Gasteiger partial charge in [0.25, 0.3) is 0 Å². The predicted octanol–water partition coefficient (Wildman–Crippen LogP) is 3.71. The molecule has 5 rings (SSSR count). The average Bonchev–Trinajstić information content (AvgIpc) is 2.83. The molecule has 9 heteroatoms. The van der Waals surface area contributed by atoms with Crippen LogP contribution in [0.15, 0.2) is 36.8 Å². The largest absolute Gasteiger partial charge is 0.343 e. The number of fused-ring (bicyclic) bond motifs is 1. The number of amides is 2. The van der Waals surface area contributed by atoms with E-state index in [0.717, 1.165) is 41.7 Å². The maximum Gasteiger partial charge on any atom is 0.228 e. The van der Waals surface area contributed by atoms with Gasteiger partial charge in [-0.15, -0.1) is 0 Å². The van der Waals surface area contributed by atoms with Crippen LogP contribution in [0.5, 0.6) is 0 Å². The lowest BCUT2D eigenvalue weighted by molar-refractivity contribution is -0.129. The SMILES string of the molecule is CC(=O)N1CCC(c2nccnc2N2CCC(c3cnc4ccc(Cl)cc4n3)CC2=O)CC1. The molecule has 2 amide bonds. The molecule has 0 N–H and O–H groups in total. The quantitative estimate of drug-likeness (QED) is 0.586. The van der Waals surface area contributed by atoms with Gasteiger partial charge in [0, 0.05) is 68.4 Å². The molecule has 2 fully saturated rings. The van der Waals surface area contributed by atoms with Crippen LogP contribution in [0.1, 0.15) is 55.8 Å². The van der Waals surface area contributed by atoms with Gasteiger partial charge in [-0.2, -0.15) is 0 Å². The van der Waals surface area contributed by atoms with Crippen LogP contribution in [0.2, 0.25) is 5.02 Å². The van der Waals surface area contributed by atoms with Gasteiger partial charge in [0.05, 0.1) is 22.4 Å².